The summed E-state index contributed by atoms with van der Waals surface area (Å²) < 4.78 is 7.38. The molecule has 130 valence electrons. The van der Waals surface area contributed by atoms with E-state index in [0.717, 1.165) is 16.5 Å². The Morgan fingerprint density at radius 1 is 1.24 bits per heavy atom. The first-order valence-corrected chi connectivity index (χ1v) is 8.29. The Morgan fingerprint density at radius 2 is 2.00 bits per heavy atom. The van der Waals surface area contributed by atoms with Gasteiger partial charge in [-0.15, -0.1) is 0 Å². The second-order valence-electron chi connectivity index (χ2n) is 5.81. The number of aliphatic hydroxyl groups excluding tert-OH is 1. The lowest BCUT2D eigenvalue weighted by molar-refractivity contribution is -0.123. The summed E-state index contributed by atoms with van der Waals surface area (Å²) in [5, 5.41) is 14.6. The number of ether oxygens (including phenoxy) is 1. The molecular formula is C19H19ClN2O3. The minimum atomic E-state index is -0.774. The number of carbonyl (C=O) groups is 1. The third kappa shape index (κ3) is 4.32. The smallest absolute Gasteiger partial charge is 0.258 e. The molecule has 0 bridgehead atoms. The molecule has 1 atom stereocenters. The van der Waals surface area contributed by atoms with Crippen molar-refractivity contribution in [2.45, 2.75) is 6.10 Å². The van der Waals surface area contributed by atoms with E-state index in [1.54, 1.807) is 24.3 Å². The van der Waals surface area contributed by atoms with Crippen molar-refractivity contribution in [3.05, 3.63) is 65.3 Å². The topological polar surface area (TPSA) is 63.5 Å². The van der Waals surface area contributed by atoms with Crippen molar-refractivity contribution in [2.24, 2.45) is 7.05 Å². The average molecular weight is 359 g/mol. The van der Waals surface area contributed by atoms with Crippen LogP contribution >= 0.6 is 11.6 Å². The SMILES string of the molecule is Cn1ccc2cc(C(O)CNC(=O)COc3ccc(Cl)cc3)ccc21. The van der Waals surface area contributed by atoms with Crippen LogP contribution < -0.4 is 10.1 Å². The summed E-state index contributed by atoms with van der Waals surface area (Å²) in [6.07, 6.45) is 1.19. The van der Waals surface area contributed by atoms with E-state index in [1.807, 2.05) is 42.1 Å². The van der Waals surface area contributed by atoms with Gasteiger partial charge in [0, 0.05) is 30.3 Å². The minimum absolute atomic E-state index is 0.119. The number of amides is 1. The third-order valence-electron chi connectivity index (χ3n) is 3.97. The number of hydrogen-bond acceptors (Lipinski definition) is 3. The molecule has 0 aliphatic carbocycles. The first-order chi connectivity index (χ1) is 12.0. The lowest BCUT2D eigenvalue weighted by atomic mass is 10.1. The van der Waals surface area contributed by atoms with E-state index in [1.165, 1.54) is 0 Å². The molecular weight excluding hydrogens is 340 g/mol. The van der Waals surface area contributed by atoms with Gasteiger partial charge < -0.3 is 19.7 Å². The Hall–Kier alpha value is -2.50. The molecule has 1 amide bonds. The Balaban J connectivity index is 1.51. The van der Waals surface area contributed by atoms with Crippen LogP contribution in [-0.4, -0.2) is 28.7 Å². The monoisotopic (exact) mass is 358 g/mol. The molecule has 1 aromatic heterocycles. The van der Waals surface area contributed by atoms with Gasteiger partial charge in [0.15, 0.2) is 6.61 Å². The van der Waals surface area contributed by atoms with Crippen molar-refractivity contribution in [3.63, 3.8) is 0 Å². The second kappa shape index (κ2) is 7.59. The van der Waals surface area contributed by atoms with Crippen molar-refractivity contribution in [1.29, 1.82) is 0 Å². The number of halogens is 1. The Bertz CT molecular complexity index is 874. The lowest BCUT2D eigenvalue weighted by Crippen LogP contribution is -2.32. The van der Waals surface area contributed by atoms with Gasteiger partial charge in [-0.1, -0.05) is 17.7 Å². The van der Waals surface area contributed by atoms with Gasteiger partial charge in [-0.25, -0.2) is 0 Å². The van der Waals surface area contributed by atoms with Crippen LogP contribution in [0, 0.1) is 0 Å². The zero-order chi connectivity index (χ0) is 17.8. The van der Waals surface area contributed by atoms with Crippen LogP contribution in [0.1, 0.15) is 11.7 Å². The molecule has 0 saturated carbocycles. The van der Waals surface area contributed by atoms with E-state index in [4.69, 9.17) is 16.3 Å². The third-order valence-corrected chi connectivity index (χ3v) is 4.22. The summed E-state index contributed by atoms with van der Waals surface area (Å²) in [6.45, 7) is 0.00717. The maximum Gasteiger partial charge on any atom is 0.258 e. The van der Waals surface area contributed by atoms with Crippen molar-refractivity contribution in [3.8, 4) is 5.75 Å². The average Bonchev–Trinajstić information content (AvgIpc) is 2.99. The van der Waals surface area contributed by atoms with E-state index in [-0.39, 0.29) is 19.1 Å². The summed E-state index contributed by atoms with van der Waals surface area (Å²) in [4.78, 5) is 11.9. The van der Waals surface area contributed by atoms with Crippen LogP contribution in [0.5, 0.6) is 5.75 Å². The molecule has 0 aliphatic heterocycles. The molecule has 25 heavy (non-hydrogen) atoms. The zero-order valence-corrected chi connectivity index (χ0v) is 14.5. The van der Waals surface area contributed by atoms with Crippen LogP contribution in [0.2, 0.25) is 5.02 Å². The van der Waals surface area contributed by atoms with Crippen LogP contribution in [0.3, 0.4) is 0 Å². The van der Waals surface area contributed by atoms with Gasteiger partial charge in [-0.2, -0.15) is 0 Å². The van der Waals surface area contributed by atoms with E-state index in [9.17, 15) is 9.90 Å². The molecule has 3 rings (SSSR count). The van der Waals surface area contributed by atoms with Gasteiger partial charge in [-0.3, -0.25) is 4.79 Å². The van der Waals surface area contributed by atoms with E-state index in [2.05, 4.69) is 5.32 Å². The summed E-state index contributed by atoms with van der Waals surface area (Å²) >= 11 is 5.79. The molecule has 0 aliphatic rings. The van der Waals surface area contributed by atoms with E-state index in [0.29, 0.717) is 10.8 Å². The number of aliphatic hydroxyl groups is 1. The van der Waals surface area contributed by atoms with Gasteiger partial charge in [0.2, 0.25) is 0 Å². The number of hydrogen-bond donors (Lipinski definition) is 2. The highest BCUT2D eigenvalue weighted by Gasteiger charge is 2.11. The number of aromatic nitrogens is 1. The molecule has 0 saturated heterocycles. The number of nitrogens with zero attached hydrogens (tertiary/aromatic N) is 1. The summed E-state index contributed by atoms with van der Waals surface area (Å²) in [5.74, 6) is 0.268. The normalized spacial score (nSPS) is 12.1. The summed E-state index contributed by atoms with van der Waals surface area (Å²) in [7, 11) is 1.97. The quantitative estimate of drug-likeness (QED) is 0.711. The van der Waals surface area contributed by atoms with Gasteiger partial charge >= 0.3 is 0 Å². The molecule has 0 radical (unpaired) electrons. The van der Waals surface area contributed by atoms with Gasteiger partial charge in [-0.05, 0) is 53.4 Å². The van der Waals surface area contributed by atoms with Crippen molar-refractivity contribution in [2.75, 3.05) is 13.2 Å². The Morgan fingerprint density at radius 3 is 2.76 bits per heavy atom. The number of nitrogens with one attached hydrogen (secondary N) is 1. The predicted octanol–water partition coefficient (Wildman–Crippen LogP) is 3.06. The predicted molar refractivity (Wildman–Crippen MR) is 97.8 cm³/mol. The lowest BCUT2D eigenvalue weighted by Gasteiger charge is -2.13. The fourth-order valence-corrected chi connectivity index (χ4v) is 2.69. The summed E-state index contributed by atoms with van der Waals surface area (Å²) in [5.41, 5.74) is 1.86. The van der Waals surface area contributed by atoms with Gasteiger partial charge in [0.1, 0.15) is 5.75 Å². The molecule has 1 heterocycles. The largest absolute Gasteiger partial charge is 0.484 e. The molecule has 5 nitrogen and oxygen atoms in total. The van der Waals surface area contributed by atoms with Crippen LogP contribution in [-0.2, 0) is 11.8 Å². The van der Waals surface area contributed by atoms with E-state index < -0.39 is 6.10 Å². The number of fused-ring (bicyclic) bond motifs is 1. The van der Waals surface area contributed by atoms with Crippen LogP contribution in [0.15, 0.2) is 54.7 Å². The minimum Gasteiger partial charge on any atom is -0.484 e. The second-order valence-corrected chi connectivity index (χ2v) is 6.24. The molecule has 6 heteroatoms. The van der Waals surface area contributed by atoms with E-state index >= 15 is 0 Å². The molecule has 2 N–H and O–H groups in total. The highest BCUT2D eigenvalue weighted by atomic mass is 35.5. The Kier molecular flexibility index (Phi) is 5.26. The maximum atomic E-state index is 11.9. The molecule has 2 aromatic carbocycles. The van der Waals surface area contributed by atoms with Crippen LogP contribution in [0.25, 0.3) is 10.9 Å². The number of benzene rings is 2. The standard InChI is InChI=1S/C19H19ClN2O3/c1-22-9-8-13-10-14(2-7-17(13)22)18(23)11-21-19(24)12-25-16-5-3-15(20)4-6-16/h2-10,18,23H,11-12H2,1H3,(H,21,24). The number of rotatable bonds is 6. The molecule has 3 aromatic rings. The van der Waals surface area contributed by atoms with Crippen LogP contribution in [0.4, 0.5) is 0 Å². The Labute approximate surface area is 150 Å². The first kappa shape index (κ1) is 17.3. The van der Waals surface area contributed by atoms with Crippen molar-refractivity contribution >= 4 is 28.4 Å². The van der Waals surface area contributed by atoms with Crippen molar-refractivity contribution in [1.82, 2.24) is 9.88 Å². The molecule has 0 spiro atoms. The van der Waals surface area contributed by atoms with Gasteiger partial charge in [0.25, 0.3) is 5.91 Å². The fourth-order valence-electron chi connectivity index (χ4n) is 2.57. The van der Waals surface area contributed by atoms with Gasteiger partial charge in [0.05, 0.1) is 6.10 Å². The highest BCUT2D eigenvalue weighted by molar-refractivity contribution is 6.30. The number of aryl methyl sites for hydroxylation is 1. The highest BCUT2D eigenvalue weighted by Crippen LogP contribution is 2.21. The zero-order valence-electron chi connectivity index (χ0n) is 13.8. The number of carbonyl (C=O) groups excluding carboxylic acids is 1. The first-order valence-electron chi connectivity index (χ1n) is 7.91. The summed E-state index contributed by atoms with van der Waals surface area (Å²) in [6, 6.07) is 14.5. The van der Waals surface area contributed by atoms with Crippen molar-refractivity contribution < 1.29 is 14.6 Å². The fraction of sp³-hybridized carbons (Fsp3) is 0.211. The molecule has 1 unspecified atom stereocenters. The maximum absolute atomic E-state index is 11.9. The molecule has 0 fully saturated rings.